The average molecular weight is 144 g/mol. The predicted octanol–water partition coefficient (Wildman–Crippen LogP) is 0.0323. The molecule has 0 bridgehead atoms. The molecule has 1 aliphatic rings. The Kier molecular flexibility index (Phi) is 2.29. The predicted molar refractivity (Wildman–Crippen MR) is 36.3 cm³/mol. The van der Waals surface area contributed by atoms with Crippen molar-refractivity contribution in [3.05, 3.63) is 12.3 Å². The molecule has 0 aliphatic carbocycles. The van der Waals surface area contributed by atoms with Crippen molar-refractivity contribution >= 4 is 0 Å². The molecule has 1 heterocycles. The Morgan fingerprint density at radius 2 is 2.40 bits per heavy atom. The molecule has 1 fully saturated rings. The Hall–Kier alpha value is -0.540. The summed E-state index contributed by atoms with van der Waals surface area (Å²) in [6, 6.07) is 0. The fourth-order valence-electron chi connectivity index (χ4n) is 1.09. The quantitative estimate of drug-likeness (QED) is 0.546. The van der Waals surface area contributed by atoms with Crippen molar-refractivity contribution in [2.45, 2.75) is 25.0 Å². The Morgan fingerprint density at radius 3 is 2.90 bits per heavy atom. The van der Waals surface area contributed by atoms with E-state index in [1.54, 1.807) is 0 Å². The molecule has 0 spiro atoms. The van der Waals surface area contributed by atoms with Crippen LogP contribution in [0.1, 0.15) is 12.8 Å². The monoisotopic (exact) mass is 144 g/mol. The van der Waals surface area contributed by atoms with Crippen LogP contribution >= 0.6 is 0 Å². The van der Waals surface area contributed by atoms with Crippen molar-refractivity contribution < 1.29 is 14.9 Å². The molecule has 0 radical (unpaired) electrons. The molecule has 1 aliphatic heterocycles. The second kappa shape index (κ2) is 3.03. The van der Waals surface area contributed by atoms with Gasteiger partial charge in [-0.05, 0) is 0 Å². The maximum atomic E-state index is 9.13. The van der Waals surface area contributed by atoms with Crippen LogP contribution in [0.15, 0.2) is 12.3 Å². The second-order valence-electron chi connectivity index (χ2n) is 2.55. The minimum Gasteiger partial charge on any atom is -0.493 e. The lowest BCUT2D eigenvalue weighted by Crippen LogP contribution is -2.29. The summed E-state index contributed by atoms with van der Waals surface area (Å²) in [7, 11) is 0. The van der Waals surface area contributed by atoms with Crippen LogP contribution in [0, 0.1) is 0 Å². The minimum absolute atomic E-state index is 0.0456. The van der Waals surface area contributed by atoms with E-state index in [4.69, 9.17) is 14.9 Å². The average Bonchev–Trinajstić information content (AvgIpc) is 1.85. The molecule has 2 N–H and O–H groups in total. The summed E-state index contributed by atoms with van der Waals surface area (Å²) in [5.74, 6) is 0.567. The minimum atomic E-state index is -0.390. The van der Waals surface area contributed by atoms with Crippen LogP contribution < -0.4 is 0 Å². The molecule has 1 rings (SSSR count). The van der Waals surface area contributed by atoms with Gasteiger partial charge in [0, 0.05) is 12.8 Å². The van der Waals surface area contributed by atoms with Crippen LogP contribution in [0.4, 0.5) is 0 Å². The van der Waals surface area contributed by atoms with Gasteiger partial charge in [0.05, 0.1) is 18.5 Å². The molecule has 1 saturated heterocycles. The molecule has 0 amide bonds. The summed E-state index contributed by atoms with van der Waals surface area (Å²) < 4.78 is 5.10. The van der Waals surface area contributed by atoms with Crippen LogP contribution in [0.25, 0.3) is 0 Å². The van der Waals surface area contributed by atoms with Crippen LogP contribution in [0.3, 0.4) is 0 Å². The van der Waals surface area contributed by atoms with Crippen molar-refractivity contribution in [2.75, 3.05) is 6.61 Å². The Balaban J connectivity index is 2.42. The highest BCUT2D eigenvalue weighted by Crippen LogP contribution is 2.20. The molecule has 3 nitrogen and oxygen atoms in total. The molecule has 0 saturated carbocycles. The van der Waals surface area contributed by atoms with Gasteiger partial charge in [-0.2, -0.15) is 0 Å². The van der Waals surface area contributed by atoms with Gasteiger partial charge < -0.3 is 14.9 Å². The first-order chi connectivity index (χ1) is 4.72. The van der Waals surface area contributed by atoms with Gasteiger partial charge in [-0.25, -0.2) is 0 Å². The van der Waals surface area contributed by atoms with Gasteiger partial charge in [-0.3, -0.25) is 0 Å². The lowest BCUT2D eigenvalue weighted by Gasteiger charge is -2.27. The van der Waals surface area contributed by atoms with Crippen LogP contribution in [0.2, 0.25) is 0 Å². The highest BCUT2D eigenvalue weighted by Gasteiger charge is 2.22. The summed E-state index contributed by atoms with van der Waals surface area (Å²) in [6.45, 7) is 3.52. The Bertz CT molecular complexity index is 133. The Morgan fingerprint density at radius 1 is 1.70 bits per heavy atom. The highest BCUT2D eigenvalue weighted by molar-refractivity contribution is 4.92. The molecular weight excluding hydrogens is 132 g/mol. The van der Waals surface area contributed by atoms with E-state index in [1.807, 2.05) is 0 Å². The van der Waals surface area contributed by atoms with Gasteiger partial charge >= 0.3 is 0 Å². The number of hydrogen-bond donors (Lipinski definition) is 2. The molecule has 0 aromatic carbocycles. The Labute approximate surface area is 59.9 Å². The lowest BCUT2D eigenvalue weighted by atomic mass is 10.1. The van der Waals surface area contributed by atoms with Crippen molar-refractivity contribution in [1.82, 2.24) is 0 Å². The number of rotatable bonds is 1. The van der Waals surface area contributed by atoms with E-state index in [0.717, 1.165) is 0 Å². The largest absolute Gasteiger partial charge is 0.493 e. The standard InChI is InChI=1S/C7H12O3/c1-5-2-6(9)3-7(4-8)10-5/h6-9H,1-4H2/t6-,7-/m0/s1. The lowest BCUT2D eigenvalue weighted by molar-refractivity contribution is -0.0240. The third-order valence-corrected chi connectivity index (χ3v) is 1.54. The van der Waals surface area contributed by atoms with Gasteiger partial charge in [-0.1, -0.05) is 6.58 Å². The first-order valence-electron chi connectivity index (χ1n) is 3.35. The first kappa shape index (κ1) is 7.57. The smallest absolute Gasteiger partial charge is 0.124 e. The SMILES string of the molecule is C=C1C[C@H](O)C[C@@H](CO)O1. The molecule has 0 aromatic heterocycles. The number of hydrogen-bond acceptors (Lipinski definition) is 3. The summed E-state index contributed by atoms with van der Waals surface area (Å²) in [5, 5.41) is 17.8. The first-order valence-corrected chi connectivity index (χ1v) is 3.35. The summed E-state index contributed by atoms with van der Waals surface area (Å²) >= 11 is 0. The number of aliphatic hydroxyl groups excluding tert-OH is 2. The summed E-state index contributed by atoms with van der Waals surface area (Å²) in [5.41, 5.74) is 0. The maximum Gasteiger partial charge on any atom is 0.124 e. The third kappa shape index (κ3) is 1.72. The molecule has 58 valence electrons. The number of ether oxygens (including phenoxy) is 1. The van der Waals surface area contributed by atoms with Crippen molar-refractivity contribution in [3.63, 3.8) is 0 Å². The zero-order valence-electron chi connectivity index (χ0n) is 5.79. The topological polar surface area (TPSA) is 49.7 Å². The highest BCUT2D eigenvalue weighted by atomic mass is 16.5. The van der Waals surface area contributed by atoms with E-state index in [-0.39, 0.29) is 12.7 Å². The molecule has 10 heavy (non-hydrogen) atoms. The van der Waals surface area contributed by atoms with Gasteiger partial charge in [0.2, 0.25) is 0 Å². The maximum absolute atomic E-state index is 9.13. The summed E-state index contributed by atoms with van der Waals surface area (Å²) in [6.07, 6.45) is 0.362. The third-order valence-electron chi connectivity index (χ3n) is 1.54. The van der Waals surface area contributed by atoms with E-state index in [1.165, 1.54) is 0 Å². The van der Waals surface area contributed by atoms with Crippen LogP contribution in [-0.2, 0) is 4.74 Å². The van der Waals surface area contributed by atoms with Crippen molar-refractivity contribution in [1.29, 1.82) is 0 Å². The summed E-state index contributed by atoms with van der Waals surface area (Å²) in [4.78, 5) is 0. The van der Waals surface area contributed by atoms with Crippen molar-refractivity contribution in [3.8, 4) is 0 Å². The normalized spacial score (nSPS) is 33.6. The van der Waals surface area contributed by atoms with E-state index < -0.39 is 6.10 Å². The molecule has 3 heteroatoms. The number of aliphatic hydroxyl groups is 2. The van der Waals surface area contributed by atoms with Crippen LogP contribution in [0.5, 0.6) is 0 Å². The van der Waals surface area contributed by atoms with Gasteiger partial charge in [0.1, 0.15) is 6.10 Å². The van der Waals surface area contributed by atoms with E-state index >= 15 is 0 Å². The molecular formula is C7H12O3. The van der Waals surface area contributed by atoms with Crippen molar-refractivity contribution in [2.24, 2.45) is 0 Å². The molecule has 0 aromatic rings. The van der Waals surface area contributed by atoms with Crippen LogP contribution in [-0.4, -0.2) is 29.0 Å². The van der Waals surface area contributed by atoms with E-state index in [0.29, 0.717) is 18.6 Å². The van der Waals surface area contributed by atoms with E-state index in [2.05, 4.69) is 6.58 Å². The second-order valence-corrected chi connectivity index (χ2v) is 2.55. The fraction of sp³-hybridized carbons (Fsp3) is 0.714. The molecule has 2 atom stereocenters. The zero-order chi connectivity index (χ0) is 7.56. The fourth-order valence-corrected chi connectivity index (χ4v) is 1.09. The van der Waals surface area contributed by atoms with Gasteiger partial charge in [0.25, 0.3) is 0 Å². The van der Waals surface area contributed by atoms with Gasteiger partial charge in [-0.15, -0.1) is 0 Å². The van der Waals surface area contributed by atoms with E-state index in [9.17, 15) is 0 Å². The zero-order valence-corrected chi connectivity index (χ0v) is 5.79. The van der Waals surface area contributed by atoms with Gasteiger partial charge in [0.15, 0.2) is 0 Å². The molecule has 0 unspecified atom stereocenters.